The average Bonchev–Trinajstić information content (AvgIpc) is 2.87. The molecule has 0 spiro atoms. The van der Waals surface area contributed by atoms with Gasteiger partial charge in [0, 0.05) is 31.5 Å². The van der Waals surface area contributed by atoms with Crippen LogP contribution in [-0.2, 0) is 11.2 Å². The molecule has 0 amide bonds. The van der Waals surface area contributed by atoms with Crippen molar-refractivity contribution in [2.45, 2.75) is 18.9 Å². The van der Waals surface area contributed by atoms with Gasteiger partial charge in [-0.2, -0.15) is 0 Å². The number of Topliss-reactive ketones (excluding diaryl/α,β-unsaturated/α-hetero) is 1. The summed E-state index contributed by atoms with van der Waals surface area (Å²) >= 11 is 0. The minimum absolute atomic E-state index is 0.00996. The number of benzene rings is 1. The molecule has 1 N–H and O–H groups in total. The molecule has 0 bridgehead atoms. The number of carbonyl (C=O) groups excluding carboxylic acids is 1. The molecule has 96 valence electrons. The van der Waals surface area contributed by atoms with Crippen molar-refractivity contribution in [3.8, 4) is 5.75 Å². The van der Waals surface area contributed by atoms with Gasteiger partial charge in [-0.25, -0.2) is 0 Å². The van der Waals surface area contributed by atoms with E-state index < -0.39 is 0 Å². The van der Waals surface area contributed by atoms with Crippen LogP contribution in [0.3, 0.4) is 0 Å². The van der Waals surface area contributed by atoms with E-state index in [1.807, 2.05) is 18.2 Å². The van der Waals surface area contributed by atoms with Crippen LogP contribution >= 0.6 is 0 Å². The summed E-state index contributed by atoms with van der Waals surface area (Å²) in [5.74, 6) is 1.07. The van der Waals surface area contributed by atoms with Crippen molar-refractivity contribution >= 4 is 5.78 Å². The number of hydrogen-bond acceptors (Lipinski definition) is 4. The SMILES string of the molecule is O=C(CC1CNCCO1)c1ccc2c(c1)CCO2. The van der Waals surface area contributed by atoms with E-state index in [9.17, 15) is 4.79 Å². The van der Waals surface area contributed by atoms with Crippen LogP contribution in [0.1, 0.15) is 22.3 Å². The van der Waals surface area contributed by atoms with Gasteiger partial charge in [0.15, 0.2) is 5.78 Å². The molecule has 1 aromatic rings. The predicted molar refractivity (Wildman–Crippen MR) is 67.2 cm³/mol. The second-order valence-electron chi connectivity index (χ2n) is 4.75. The molecule has 1 atom stereocenters. The maximum Gasteiger partial charge on any atom is 0.165 e. The Morgan fingerprint density at radius 3 is 3.17 bits per heavy atom. The minimum Gasteiger partial charge on any atom is -0.493 e. The first-order chi connectivity index (χ1) is 8.83. The lowest BCUT2D eigenvalue weighted by Gasteiger charge is -2.22. The number of hydrogen-bond donors (Lipinski definition) is 1. The fraction of sp³-hybridized carbons (Fsp3) is 0.500. The van der Waals surface area contributed by atoms with Gasteiger partial charge < -0.3 is 14.8 Å². The summed E-state index contributed by atoms with van der Waals surface area (Å²) in [5, 5.41) is 3.24. The third-order valence-corrected chi connectivity index (χ3v) is 3.43. The summed E-state index contributed by atoms with van der Waals surface area (Å²) in [6.07, 6.45) is 1.36. The zero-order valence-corrected chi connectivity index (χ0v) is 10.3. The highest BCUT2D eigenvalue weighted by atomic mass is 16.5. The first kappa shape index (κ1) is 11.7. The van der Waals surface area contributed by atoms with Crippen molar-refractivity contribution in [2.75, 3.05) is 26.3 Å². The summed E-state index contributed by atoms with van der Waals surface area (Å²) in [6, 6.07) is 5.71. The number of carbonyl (C=O) groups is 1. The Morgan fingerprint density at radius 1 is 1.39 bits per heavy atom. The number of ether oxygens (including phenoxy) is 2. The van der Waals surface area contributed by atoms with Crippen molar-refractivity contribution in [3.05, 3.63) is 29.3 Å². The van der Waals surface area contributed by atoms with Gasteiger partial charge in [-0.05, 0) is 23.8 Å². The zero-order chi connectivity index (χ0) is 12.4. The van der Waals surface area contributed by atoms with E-state index in [2.05, 4.69) is 5.32 Å². The lowest BCUT2D eigenvalue weighted by molar-refractivity contribution is 0.0240. The Balaban J connectivity index is 1.68. The zero-order valence-electron chi connectivity index (χ0n) is 10.3. The highest BCUT2D eigenvalue weighted by Gasteiger charge is 2.20. The largest absolute Gasteiger partial charge is 0.493 e. The molecule has 1 fully saturated rings. The second-order valence-corrected chi connectivity index (χ2v) is 4.75. The molecule has 2 aliphatic rings. The molecule has 1 unspecified atom stereocenters. The number of nitrogens with one attached hydrogen (secondary N) is 1. The van der Waals surface area contributed by atoms with Crippen LogP contribution < -0.4 is 10.1 Å². The highest BCUT2D eigenvalue weighted by Crippen LogP contribution is 2.26. The smallest absolute Gasteiger partial charge is 0.165 e. The maximum absolute atomic E-state index is 12.2. The second kappa shape index (κ2) is 5.08. The molecule has 18 heavy (non-hydrogen) atoms. The highest BCUT2D eigenvalue weighted by molar-refractivity contribution is 5.96. The van der Waals surface area contributed by atoms with Gasteiger partial charge in [0.2, 0.25) is 0 Å². The van der Waals surface area contributed by atoms with Crippen molar-refractivity contribution in [3.63, 3.8) is 0 Å². The van der Waals surface area contributed by atoms with Gasteiger partial charge in [0.05, 0.1) is 19.3 Å². The van der Waals surface area contributed by atoms with E-state index in [0.717, 1.165) is 43.0 Å². The van der Waals surface area contributed by atoms with E-state index in [-0.39, 0.29) is 11.9 Å². The Hall–Kier alpha value is -1.39. The molecule has 0 aromatic heterocycles. The summed E-state index contributed by atoms with van der Waals surface area (Å²) in [7, 11) is 0. The van der Waals surface area contributed by atoms with E-state index >= 15 is 0 Å². The Labute approximate surface area is 106 Å². The van der Waals surface area contributed by atoms with Crippen LogP contribution in [0.15, 0.2) is 18.2 Å². The van der Waals surface area contributed by atoms with Crippen LogP contribution in [0.4, 0.5) is 0 Å². The van der Waals surface area contributed by atoms with Crippen LogP contribution in [0.25, 0.3) is 0 Å². The molecule has 2 heterocycles. The average molecular weight is 247 g/mol. The number of ketones is 1. The van der Waals surface area contributed by atoms with Crippen LogP contribution in [-0.4, -0.2) is 38.2 Å². The normalized spacial score (nSPS) is 22.3. The van der Waals surface area contributed by atoms with Gasteiger partial charge in [-0.1, -0.05) is 0 Å². The van der Waals surface area contributed by atoms with E-state index in [1.54, 1.807) is 0 Å². The Bertz CT molecular complexity index is 452. The molecule has 0 saturated carbocycles. The van der Waals surface area contributed by atoms with Crippen LogP contribution in [0, 0.1) is 0 Å². The van der Waals surface area contributed by atoms with Crippen LogP contribution in [0.5, 0.6) is 5.75 Å². The standard InChI is InChI=1S/C14H17NO3/c16-13(8-12-9-15-4-6-17-12)10-1-2-14-11(7-10)3-5-18-14/h1-2,7,12,15H,3-6,8-9H2. The van der Waals surface area contributed by atoms with E-state index in [0.29, 0.717) is 13.0 Å². The summed E-state index contributed by atoms with van der Waals surface area (Å²) in [6.45, 7) is 3.05. The quantitative estimate of drug-likeness (QED) is 0.815. The van der Waals surface area contributed by atoms with Gasteiger partial charge in [0.25, 0.3) is 0 Å². The predicted octanol–water partition coefficient (Wildman–Crippen LogP) is 1.18. The van der Waals surface area contributed by atoms with Gasteiger partial charge in [-0.15, -0.1) is 0 Å². The lowest BCUT2D eigenvalue weighted by atomic mass is 10.0. The number of morpholine rings is 1. The topological polar surface area (TPSA) is 47.6 Å². The maximum atomic E-state index is 12.2. The van der Waals surface area contributed by atoms with Gasteiger partial charge in [0.1, 0.15) is 5.75 Å². The molecule has 1 saturated heterocycles. The fourth-order valence-electron chi connectivity index (χ4n) is 2.44. The molecule has 2 aliphatic heterocycles. The van der Waals surface area contributed by atoms with Crippen molar-refractivity contribution < 1.29 is 14.3 Å². The van der Waals surface area contributed by atoms with Crippen LogP contribution in [0.2, 0.25) is 0 Å². The molecule has 1 aromatic carbocycles. The lowest BCUT2D eigenvalue weighted by Crippen LogP contribution is -2.39. The first-order valence-electron chi connectivity index (χ1n) is 6.44. The molecule has 4 heteroatoms. The fourth-order valence-corrected chi connectivity index (χ4v) is 2.44. The third-order valence-electron chi connectivity index (χ3n) is 3.43. The minimum atomic E-state index is 0.00996. The molecule has 0 aliphatic carbocycles. The first-order valence-corrected chi connectivity index (χ1v) is 6.44. The molecule has 0 radical (unpaired) electrons. The van der Waals surface area contributed by atoms with Gasteiger partial charge >= 0.3 is 0 Å². The number of rotatable bonds is 3. The van der Waals surface area contributed by atoms with Gasteiger partial charge in [-0.3, -0.25) is 4.79 Å². The number of fused-ring (bicyclic) bond motifs is 1. The Morgan fingerprint density at radius 2 is 2.33 bits per heavy atom. The van der Waals surface area contributed by atoms with Crippen molar-refractivity contribution in [1.29, 1.82) is 0 Å². The molecule has 4 nitrogen and oxygen atoms in total. The summed E-state index contributed by atoms with van der Waals surface area (Å²) < 4.78 is 11.0. The molecule has 3 rings (SSSR count). The molecular formula is C14H17NO3. The monoisotopic (exact) mass is 247 g/mol. The molecular weight excluding hydrogens is 230 g/mol. The Kier molecular flexibility index (Phi) is 3.30. The summed E-state index contributed by atoms with van der Waals surface area (Å²) in [4.78, 5) is 12.2. The van der Waals surface area contributed by atoms with E-state index in [4.69, 9.17) is 9.47 Å². The third kappa shape index (κ3) is 2.40. The van der Waals surface area contributed by atoms with E-state index in [1.165, 1.54) is 0 Å². The van der Waals surface area contributed by atoms with Crippen molar-refractivity contribution in [1.82, 2.24) is 5.32 Å². The van der Waals surface area contributed by atoms with Crippen molar-refractivity contribution in [2.24, 2.45) is 0 Å². The summed E-state index contributed by atoms with van der Waals surface area (Å²) in [5.41, 5.74) is 1.91.